The van der Waals surface area contributed by atoms with Crippen molar-refractivity contribution in [3.05, 3.63) is 35.4 Å². The molecule has 0 saturated carbocycles. The first-order valence-electron chi connectivity index (χ1n) is 6.34. The van der Waals surface area contributed by atoms with E-state index in [2.05, 4.69) is 20.8 Å². The fourth-order valence-corrected chi connectivity index (χ4v) is 2.29. The van der Waals surface area contributed by atoms with Crippen molar-refractivity contribution in [1.82, 2.24) is 4.90 Å². The number of rotatable bonds is 7. The van der Waals surface area contributed by atoms with Gasteiger partial charge in [0.25, 0.3) is 0 Å². The van der Waals surface area contributed by atoms with Gasteiger partial charge in [-0.1, -0.05) is 40.5 Å². The first-order chi connectivity index (χ1) is 8.93. The quantitative estimate of drug-likeness (QED) is 0.514. The fraction of sp³-hybridized carbons (Fsp3) is 0.571. The van der Waals surface area contributed by atoms with E-state index in [4.69, 9.17) is 0 Å². The lowest BCUT2D eigenvalue weighted by Gasteiger charge is -2.17. The highest BCUT2D eigenvalue weighted by atomic mass is 79.9. The van der Waals surface area contributed by atoms with Gasteiger partial charge < -0.3 is 4.90 Å². The van der Waals surface area contributed by atoms with E-state index in [0.717, 1.165) is 37.2 Å². The Bertz CT molecular complexity index is 379. The third kappa shape index (κ3) is 6.43. The predicted molar refractivity (Wildman–Crippen MR) is 75.4 cm³/mol. The lowest BCUT2D eigenvalue weighted by molar-refractivity contribution is -0.137. The molecule has 0 spiro atoms. The molecule has 0 aliphatic heterocycles. The Morgan fingerprint density at radius 2 is 1.89 bits per heavy atom. The van der Waals surface area contributed by atoms with Crippen molar-refractivity contribution in [2.45, 2.75) is 32.0 Å². The molecular formula is C14H19BrF3N. The molecule has 19 heavy (non-hydrogen) atoms. The summed E-state index contributed by atoms with van der Waals surface area (Å²) in [5.74, 6) is 0. The Kier molecular flexibility index (Phi) is 6.86. The zero-order valence-corrected chi connectivity index (χ0v) is 12.6. The van der Waals surface area contributed by atoms with Crippen LogP contribution in [0.25, 0.3) is 0 Å². The van der Waals surface area contributed by atoms with Crippen LogP contribution in [0.4, 0.5) is 13.2 Å². The molecule has 0 aliphatic rings. The monoisotopic (exact) mass is 337 g/mol. The van der Waals surface area contributed by atoms with Gasteiger partial charge in [0.2, 0.25) is 0 Å². The SMILES string of the molecule is CN(CCCCCBr)Cc1cccc(C(F)(F)F)c1. The summed E-state index contributed by atoms with van der Waals surface area (Å²) in [4.78, 5) is 2.06. The Hall–Kier alpha value is -0.550. The number of hydrogen-bond donors (Lipinski definition) is 0. The van der Waals surface area contributed by atoms with Crippen molar-refractivity contribution in [2.24, 2.45) is 0 Å². The number of unbranched alkanes of at least 4 members (excludes halogenated alkanes) is 2. The van der Waals surface area contributed by atoms with E-state index in [0.29, 0.717) is 12.1 Å². The molecule has 1 nitrogen and oxygen atoms in total. The van der Waals surface area contributed by atoms with Crippen LogP contribution in [0.5, 0.6) is 0 Å². The first-order valence-corrected chi connectivity index (χ1v) is 7.46. The minimum absolute atomic E-state index is 0.554. The van der Waals surface area contributed by atoms with E-state index in [1.54, 1.807) is 6.07 Å². The second-order valence-electron chi connectivity index (χ2n) is 4.69. The molecule has 0 unspecified atom stereocenters. The summed E-state index contributed by atoms with van der Waals surface area (Å²) in [6, 6.07) is 5.55. The van der Waals surface area contributed by atoms with Gasteiger partial charge in [0.15, 0.2) is 0 Å². The summed E-state index contributed by atoms with van der Waals surface area (Å²) >= 11 is 3.38. The summed E-state index contributed by atoms with van der Waals surface area (Å²) in [5.41, 5.74) is 0.135. The van der Waals surface area contributed by atoms with E-state index >= 15 is 0 Å². The van der Waals surface area contributed by atoms with E-state index in [1.165, 1.54) is 12.1 Å². The second-order valence-corrected chi connectivity index (χ2v) is 5.48. The molecule has 108 valence electrons. The minimum atomic E-state index is -4.26. The topological polar surface area (TPSA) is 3.24 Å². The zero-order valence-electron chi connectivity index (χ0n) is 11.0. The Morgan fingerprint density at radius 1 is 1.16 bits per heavy atom. The van der Waals surface area contributed by atoms with E-state index in [-0.39, 0.29) is 0 Å². The van der Waals surface area contributed by atoms with Gasteiger partial charge in [-0.25, -0.2) is 0 Å². The normalized spacial score (nSPS) is 12.1. The van der Waals surface area contributed by atoms with Crippen molar-refractivity contribution >= 4 is 15.9 Å². The third-order valence-electron chi connectivity index (χ3n) is 2.88. The Balaban J connectivity index is 2.48. The maximum Gasteiger partial charge on any atom is 0.416 e. The standard InChI is InChI=1S/C14H19BrF3N/c1-19(9-4-2-3-8-15)11-12-6-5-7-13(10-12)14(16,17)18/h5-7,10H,2-4,8-9,11H2,1H3. The van der Waals surface area contributed by atoms with Gasteiger partial charge in [-0.15, -0.1) is 0 Å². The molecule has 5 heteroatoms. The first kappa shape index (κ1) is 16.5. The summed E-state index contributed by atoms with van der Waals surface area (Å²) in [6.07, 6.45) is -0.916. The molecule has 1 rings (SSSR count). The predicted octanol–water partition coefficient (Wildman–Crippen LogP) is 4.70. The van der Waals surface area contributed by atoms with Crippen LogP contribution in [0.3, 0.4) is 0 Å². The van der Waals surface area contributed by atoms with Gasteiger partial charge in [-0.3, -0.25) is 0 Å². The molecule has 0 saturated heterocycles. The van der Waals surface area contributed by atoms with Crippen LogP contribution in [0.15, 0.2) is 24.3 Å². The van der Waals surface area contributed by atoms with Gasteiger partial charge in [-0.2, -0.15) is 13.2 Å². The summed E-state index contributed by atoms with van der Waals surface area (Å²) in [6.45, 7) is 1.46. The van der Waals surface area contributed by atoms with Crippen LogP contribution in [-0.4, -0.2) is 23.8 Å². The molecule has 0 heterocycles. The van der Waals surface area contributed by atoms with E-state index in [9.17, 15) is 13.2 Å². The minimum Gasteiger partial charge on any atom is -0.302 e. The zero-order chi connectivity index (χ0) is 14.3. The highest BCUT2D eigenvalue weighted by molar-refractivity contribution is 9.09. The largest absolute Gasteiger partial charge is 0.416 e. The van der Waals surface area contributed by atoms with Gasteiger partial charge in [-0.05, 0) is 38.1 Å². The molecule has 0 N–H and O–H groups in total. The maximum absolute atomic E-state index is 12.6. The molecule has 0 amide bonds. The van der Waals surface area contributed by atoms with Gasteiger partial charge in [0.1, 0.15) is 0 Å². The van der Waals surface area contributed by atoms with Crippen molar-refractivity contribution < 1.29 is 13.2 Å². The average molecular weight is 338 g/mol. The van der Waals surface area contributed by atoms with Crippen molar-refractivity contribution in [3.63, 3.8) is 0 Å². The van der Waals surface area contributed by atoms with Crippen LogP contribution >= 0.6 is 15.9 Å². The second kappa shape index (κ2) is 7.90. The van der Waals surface area contributed by atoms with Gasteiger partial charge >= 0.3 is 6.18 Å². The molecule has 0 radical (unpaired) electrons. The van der Waals surface area contributed by atoms with E-state index in [1.807, 2.05) is 7.05 Å². The van der Waals surface area contributed by atoms with Crippen LogP contribution in [0.1, 0.15) is 30.4 Å². The van der Waals surface area contributed by atoms with Gasteiger partial charge in [0.05, 0.1) is 5.56 Å². The van der Waals surface area contributed by atoms with Crippen molar-refractivity contribution in [2.75, 3.05) is 18.9 Å². The van der Waals surface area contributed by atoms with Crippen LogP contribution in [-0.2, 0) is 12.7 Å². The fourth-order valence-electron chi connectivity index (χ4n) is 1.89. The number of nitrogens with zero attached hydrogens (tertiary/aromatic N) is 1. The lowest BCUT2D eigenvalue weighted by atomic mass is 10.1. The highest BCUT2D eigenvalue weighted by Gasteiger charge is 2.30. The summed E-state index contributed by atoms with van der Waals surface area (Å²) in [5, 5.41) is 1.00. The van der Waals surface area contributed by atoms with Crippen molar-refractivity contribution in [3.8, 4) is 0 Å². The maximum atomic E-state index is 12.6. The molecule has 0 aromatic heterocycles. The molecule has 0 bridgehead atoms. The Morgan fingerprint density at radius 3 is 2.53 bits per heavy atom. The number of benzene rings is 1. The molecule has 1 aromatic carbocycles. The lowest BCUT2D eigenvalue weighted by Crippen LogP contribution is -2.19. The molecule has 0 fully saturated rings. The number of alkyl halides is 4. The van der Waals surface area contributed by atoms with Crippen LogP contribution in [0.2, 0.25) is 0 Å². The average Bonchev–Trinajstić information content (AvgIpc) is 2.34. The van der Waals surface area contributed by atoms with Gasteiger partial charge in [0, 0.05) is 11.9 Å². The summed E-state index contributed by atoms with van der Waals surface area (Å²) < 4.78 is 37.7. The van der Waals surface area contributed by atoms with Crippen LogP contribution in [0, 0.1) is 0 Å². The smallest absolute Gasteiger partial charge is 0.302 e. The molecule has 0 atom stereocenters. The molecule has 0 aliphatic carbocycles. The number of halogens is 4. The van der Waals surface area contributed by atoms with E-state index < -0.39 is 11.7 Å². The Labute approximate surface area is 120 Å². The van der Waals surface area contributed by atoms with Crippen LogP contribution < -0.4 is 0 Å². The molecule has 1 aromatic rings. The molecular weight excluding hydrogens is 319 g/mol. The van der Waals surface area contributed by atoms with Crippen molar-refractivity contribution in [1.29, 1.82) is 0 Å². The highest BCUT2D eigenvalue weighted by Crippen LogP contribution is 2.29. The third-order valence-corrected chi connectivity index (χ3v) is 3.44. The number of hydrogen-bond acceptors (Lipinski definition) is 1. The summed E-state index contributed by atoms with van der Waals surface area (Å²) in [7, 11) is 1.94.